The Bertz CT molecular complexity index is 316. The molecule has 0 fully saturated rings. The number of anilines is 1. The molecule has 66 valence electrons. The lowest BCUT2D eigenvalue weighted by Gasteiger charge is -2.10. The topological polar surface area (TPSA) is 52.2 Å². The van der Waals surface area contributed by atoms with Crippen LogP contribution in [0.25, 0.3) is 0 Å². The zero-order valence-electron chi connectivity index (χ0n) is 6.33. The van der Waals surface area contributed by atoms with Gasteiger partial charge in [-0.1, -0.05) is 17.7 Å². The van der Waals surface area contributed by atoms with Crippen molar-refractivity contribution in [3.8, 4) is 0 Å². The van der Waals surface area contributed by atoms with E-state index in [4.69, 9.17) is 11.6 Å². The monoisotopic (exact) mass is 204 g/mol. The predicted octanol–water partition coefficient (Wildman–Crippen LogP) is 1.85. The minimum atomic E-state index is -2.32. The molecule has 1 N–H and O–H groups in total. The molecule has 1 rings (SSSR count). The largest absolute Gasteiger partial charge is 0.755 e. The van der Waals surface area contributed by atoms with Gasteiger partial charge in [-0.3, -0.25) is 4.21 Å². The van der Waals surface area contributed by atoms with Gasteiger partial charge in [0.25, 0.3) is 0 Å². The number of aryl methyl sites for hydroxylation is 1. The maximum absolute atomic E-state index is 10.2. The number of halogens is 1. The molecular formula is C7H7ClNO2S-. The lowest BCUT2D eigenvalue weighted by molar-refractivity contribution is 0.542. The Morgan fingerprint density at radius 2 is 2.25 bits per heavy atom. The molecule has 0 heterocycles. The smallest absolute Gasteiger partial charge is 0.0648 e. The van der Waals surface area contributed by atoms with E-state index in [9.17, 15) is 8.76 Å². The Kier molecular flexibility index (Phi) is 3.08. The maximum atomic E-state index is 10.2. The van der Waals surface area contributed by atoms with Crippen LogP contribution in [0.5, 0.6) is 0 Å². The molecule has 0 aromatic heterocycles. The molecule has 0 saturated heterocycles. The average molecular weight is 205 g/mol. The number of rotatable bonds is 2. The van der Waals surface area contributed by atoms with Crippen LogP contribution in [0.3, 0.4) is 0 Å². The van der Waals surface area contributed by atoms with Crippen LogP contribution in [0.1, 0.15) is 5.56 Å². The standard InChI is InChI=1S/C7H8ClNO2S/c1-5-2-3-7(6(8)4-5)9-12(10)11/h2-4,9H,1H3,(H,10,11)/p-1. The Morgan fingerprint density at radius 1 is 1.58 bits per heavy atom. The Balaban J connectivity index is 2.93. The normalized spacial score (nSPS) is 12.6. The van der Waals surface area contributed by atoms with Gasteiger partial charge in [-0.05, 0) is 24.6 Å². The zero-order valence-corrected chi connectivity index (χ0v) is 7.91. The number of hydrogen-bond donors (Lipinski definition) is 1. The third kappa shape index (κ3) is 2.48. The second-order valence-electron chi connectivity index (χ2n) is 2.32. The maximum Gasteiger partial charge on any atom is 0.0648 e. The highest BCUT2D eigenvalue weighted by atomic mass is 35.5. The predicted molar refractivity (Wildman–Crippen MR) is 48.7 cm³/mol. The van der Waals surface area contributed by atoms with Crippen LogP contribution in [0.2, 0.25) is 5.02 Å². The highest BCUT2D eigenvalue weighted by molar-refractivity contribution is 7.80. The molecule has 0 radical (unpaired) electrons. The third-order valence-electron chi connectivity index (χ3n) is 1.32. The van der Waals surface area contributed by atoms with E-state index < -0.39 is 11.3 Å². The summed E-state index contributed by atoms with van der Waals surface area (Å²) < 4.78 is 22.7. The molecule has 0 aliphatic heterocycles. The zero-order chi connectivity index (χ0) is 9.14. The second-order valence-corrected chi connectivity index (χ2v) is 3.40. The van der Waals surface area contributed by atoms with Crippen molar-refractivity contribution in [2.24, 2.45) is 0 Å². The minimum Gasteiger partial charge on any atom is -0.755 e. The van der Waals surface area contributed by atoms with Gasteiger partial charge in [0.2, 0.25) is 0 Å². The van der Waals surface area contributed by atoms with Crippen molar-refractivity contribution in [3.63, 3.8) is 0 Å². The fourth-order valence-electron chi connectivity index (χ4n) is 0.793. The van der Waals surface area contributed by atoms with E-state index in [0.29, 0.717) is 10.7 Å². The molecule has 3 nitrogen and oxygen atoms in total. The first-order valence-corrected chi connectivity index (χ1v) is 4.67. The summed E-state index contributed by atoms with van der Waals surface area (Å²) in [6.07, 6.45) is 0. The van der Waals surface area contributed by atoms with Crippen LogP contribution in [0.4, 0.5) is 5.69 Å². The molecule has 0 saturated carbocycles. The third-order valence-corrected chi connectivity index (χ3v) is 2.02. The summed E-state index contributed by atoms with van der Waals surface area (Å²) >= 11 is 3.42. The van der Waals surface area contributed by atoms with Crippen molar-refractivity contribution in [2.45, 2.75) is 6.92 Å². The van der Waals surface area contributed by atoms with E-state index in [-0.39, 0.29) is 0 Å². The number of benzene rings is 1. The molecule has 0 aliphatic rings. The van der Waals surface area contributed by atoms with Gasteiger partial charge in [-0.25, -0.2) is 0 Å². The molecule has 1 atom stereocenters. The summed E-state index contributed by atoms with van der Waals surface area (Å²) in [5.74, 6) is 0. The first kappa shape index (κ1) is 9.51. The van der Waals surface area contributed by atoms with Crippen molar-refractivity contribution >= 4 is 28.6 Å². The van der Waals surface area contributed by atoms with Gasteiger partial charge in [0, 0.05) is 11.3 Å². The SMILES string of the molecule is Cc1ccc(NS(=O)[O-])c(Cl)c1. The van der Waals surface area contributed by atoms with Gasteiger partial charge < -0.3 is 9.27 Å². The van der Waals surface area contributed by atoms with Crippen molar-refractivity contribution < 1.29 is 8.76 Å². The fraction of sp³-hybridized carbons (Fsp3) is 0.143. The van der Waals surface area contributed by atoms with Crippen LogP contribution in [-0.2, 0) is 11.3 Å². The van der Waals surface area contributed by atoms with Crippen LogP contribution in [0.15, 0.2) is 18.2 Å². The van der Waals surface area contributed by atoms with Gasteiger partial charge in [-0.2, -0.15) is 0 Å². The van der Waals surface area contributed by atoms with Crippen molar-refractivity contribution in [1.29, 1.82) is 0 Å². The Hall–Kier alpha value is -0.580. The van der Waals surface area contributed by atoms with E-state index in [2.05, 4.69) is 4.72 Å². The van der Waals surface area contributed by atoms with Crippen LogP contribution < -0.4 is 4.72 Å². The molecule has 5 heteroatoms. The van der Waals surface area contributed by atoms with Crippen molar-refractivity contribution in [2.75, 3.05) is 4.72 Å². The number of nitrogens with one attached hydrogen (secondary N) is 1. The highest BCUT2D eigenvalue weighted by Gasteiger charge is 1.98. The van der Waals surface area contributed by atoms with Gasteiger partial charge in [0.15, 0.2) is 0 Å². The van der Waals surface area contributed by atoms with E-state index >= 15 is 0 Å². The van der Waals surface area contributed by atoms with E-state index in [0.717, 1.165) is 5.56 Å². The first-order chi connectivity index (χ1) is 5.59. The Labute approximate surface area is 78.2 Å². The summed E-state index contributed by atoms with van der Waals surface area (Å²) in [7, 11) is 0. The summed E-state index contributed by atoms with van der Waals surface area (Å²) in [4.78, 5) is 0. The fourth-order valence-corrected chi connectivity index (χ4v) is 1.49. The molecule has 12 heavy (non-hydrogen) atoms. The summed E-state index contributed by atoms with van der Waals surface area (Å²) in [5.41, 5.74) is 1.39. The van der Waals surface area contributed by atoms with Crippen LogP contribution >= 0.6 is 11.6 Å². The molecule has 0 bridgehead atoms. The van der Waals surface area contributed by atoms with Crippen LogP contribution in [-0.4, -0.2) is 8.76 Å². The summed E-state index contributed by atoms with van der Waals surface area (Å²) in [5, 5.41) is 0.402. The van der Waals surface area contributed by atoms with E-state index in [1.165, 1.54) is 0 Å². The Morgan fingerprint density at radius 3 is 2.75 bits per heavy atom. The second kappa shape index (κ2) is 3.89. The van der Waals surface area contributed by atoms with Crippen LogP contribution in [0, 0.1) is 6.92 Å². The molecule has 0 spiro atoms. The highest BCUT2D eigenvalue weighted by Crippen LogP contribution is 2.22. The molecular weight excluding hydrogens is 198 g/mol. The number of hydrogen-bond acceptors (Lipinski definition) is 2. The first-order valence-electron chi connectivity index (χ1n) is 3.21. The van der Waals surface area contributed by atoms with Crippen molar-refractivity contribution in [1.82, 2.24) is 0 Å². The van der Waals surface area contributed by atoms with Crippen molar-refractivity contribution in [3.05, 3.63) is 28.8 Å². The molecule has 1 aromatic carbocycles. The quantitative estimate of drug-likeness (QED) is 0.748. The minimum absolute atomic E-state index is 0.399. The average Bonchev–Trinajstić information content (AvgIpc) is 1.94. The van der Waals surface area contributed by atoms with E-state index in [1.54, 1.807) is 18.2 Å². The molecule has 1 unspecified atom stereocenters. The van der Waals surface area contributed by atoms with Gasteiger partial charge >= 0.3 is 0 Å². The summed E-state index contributed by atoms with van der Waals surface area (Å²) in [6.45, 7) is 1.88. The molecule has 1 aromatic rings. The lowest BCUT2D eigenvalue weighted by Crippen LogP contribution is -2.02. The lowest BCUT2D eigenvalue weighted by atomic mass is 10.2. The van der Waals surface area contributed by atoms with Gasteiger partial charge in [-0.15, -0.1) is 0 Å². The van der Waals surface area contributed by atoms with E-state index in [1.807, 2.05) is 6.92 Å². The summed E-state index contributed by atoms with van der Waals surface area (Å²) in [6, 6.07) is 5.09. The molecule has 0 aliphatic carbocycles. The van der Waals surface area contributed by atoms with Gasteiger partial charge in [0.05, 0.1) is 10.7 Å². The van der Waals surface area contributed by atoms with Gasteiger partial charge in [0.1, 0.15) is 0 Å². The molecule has 0 amide bonds.